The van der Waals surface area contributed by atoms with E-state index in [4.69, 9.17) is 0 Å². The van der Waals surface area contributed by atoms with Gasteiger partial charge in [0.15, 0.2) is 0 Å². The second-order valence-electron chi connectivity index (χ2n) is 5.77. The number of benzene rings is 1. The number of aromatic nitrogens is 1. The van der Waals surface area contributed by atoms with Gasteiger partial charge in [0.2, 0.25) is 0 Å². The first-order chi connectivity index (χ1) is 10.8. The molecule has 4 heteroatoms. The molecule has 1 aromatic carbocycles. The Balaban J connectivity index is 2.13. The summed E-state index contributed by atoms with van der Waals surface area (Å²) < 4.78 is 2.38. The Labute approximate surface area is 138 Å². The summed E-state index contributed by atoms with van der Waals surface area (Å²) in [6, 6.07) is 10.8. The summed E-state index contributed by atoms with van der Waals surface area (Å²) in [4.78, 5) is 4.98. The van der Waals surface area contributed by atoms with E-state index < -0.39 is 0 Å². The standard InChI is InChI=1S/C18H25N3S/c1-3-19-12-16-17(20(4-2)14-19)13-21(10-11-22)18(16)15-8-6-5-7-9-15/h5-9,13,22H,3-4,10-12,14H2,1-2H3. The highest BCUT2D eigenvalue weighted by molar-refractivity contribution is 7.80. The van der Waals surface area contributed by atoms with Gasteiger partial charge in [0.05, 0.1) is 18.1 Å². The number of nitrogens with zero attached hydrogens (tertiary/aromatic N) is 3. The summed E-state index contributed by atoms with van der Waals surface area (Å²) >= 11 is 4.45. The summed E-state index contributed by atoms with van der Waals surface area (Å²) in [5.41, 5.74) is 5.52. The third-order valence-electron chi connectivity index (χ3n) is 4.47. The Hall–Kier alpha value is -1.39. The van der Waals surface area contributed by atoms with Gasteiger partial charge in [-0.3, -0.25) is 4.90 Å². The molecular formula is C18H25N3S. The van der Waals surface area contributed by atoms with Crippen molar-refractivity contribution in [1.82, 2.24) is 9.47 Å². The number of thiol groups is 1. The number of hydrogen-bond donors (Lipinski definition) is 1. The fourth-order valence-electron chi connectivity index (χ4n) is 3.31. The molecule has 3 rings (SSSR count). The van der Waals surface area contributed by atoms with Crippen LogP contribution in [0, 0.1) is 0 Å². The molecule has 3 nitrogen and oxygen atoms in total. The largest absolute Gasteiger partial charge is 0.357 e. The van der Waals surface area contributed by atoms with Gasteiger partial charge < -0.3 is 9.47 Å². The van der Waals surface area contributed by atoms with Crippen LogP contribution in [0.25, 0.3) is 11.3 Å². The topological polar surface area (TPSA) is 11.4 Å². The van der Waals surface area contributed by atoms with E-state index in [9.17, 15) is 0 Å². The number of fused-ring (bicyclic) bond motifs is 1. The molecule has 118 valence electrons. The third kappa shape index (κ3) is 2.77. The van der Waals surface area contributed by atoms with Crippen molar-refractivity contribution in [3.63, 3.8) is 0 Å². The normalized spacial score (nSPS) is 15.1. The van der Waals surface area contributed by atoms with E-state index in [1.807, 2.05) is 0 Å². The number of rotatable bonds is 5. The lowest BCUT2D eigenvalue weighted by molar-refractivity contribution is 0.267. The van der Waals surface area contributed by atoms with Gasteiger partial charge in [0, 0.05) is 37.1 Å². The van der Waals surface area contributed by atoms with Crippen molar-refractivity contribution in [2.45, 2.75) is 26.9 Å². The predicted octanol–water partition coefficient (Wildman–Crippen LogP) is 3.70. The molecule has 0 radical (unpaired) electrons. The molecule has 2 aromatic rings. The minimum atomic E-state index is 0.858. The Morgan fingerprint density at radius 2 is 1.86 bits per heavy atom. The van der Waals surface area contributed by atoms with Gasteiger partial charge in [0.25, 0.3) is 0 Å². The number of hydrogen-bond acceptors (Lipinski definition) is 3. The number of anilines is 1. The fourth-order valence-corrected chi connectivity index (χ4v) is 3.52. The highest BCUT2D eigenvalue weighted by Crippen LogP contribution is 2.37. The Kier molecular flexibility index (Phi) is 4.79. The average Bonchev–Trinajstić information content (AvgIpc) is 2.93. The maximum Gasteiger partial charge on any atom is 0.0710 e. The van der Waals surface area contributed by atoms with Crippen LogP contribution >= 0.6 is 12.6 Å². The lowest BCUT2D eigenvalue weighted by Crippen LogP contribution is -2.41. The van der Waals surface area contributed by atoms with Gasteiger partial charge >= 0.3 is 0 Å². The zero-order chi connectivity index (χ0) is 15.5. The van der Waals surface area contributed by atoms with Crippen molar-refractivity contribution in [2.24, 2.45) is 0 Å². The van der Waals surface area contributed by atoms with Gasteiger partial charge in [0.1, 0.15) is 0 Å². The Morgan fingerprint density at radius 3 is 2.50 bits per heavy atom. The first-order valence-corrected chi connectivity index (χ1v) is 8.77. The highest BCUT2D eigenvalue weighted by Gasteiger charge is 2.26. The molecule has 1 aliphatic heterocycles. The molecule has 0 atom stereocenters. The van der Waals surface area contributed by atoms with E-state index in [-0.39, 0.29) is 0 Å². The van der Waals surface area contributed by atoms with Crippen LogP contribution < -0.4 is 4.90 Å². The van der Waals surface area contributed by atoms with Crippen LogP contribution in [0.1, 0.15) is 19.4 Å². The molecule has 0 amide bonds. The molecule has 0 N–H and O–H groups in total. The van der Waals surface area contributed by atoms with Crippen LogP contribution in [0.4, 0.5) is 5.69 Å². The summed E-state index contributed by atoms with van der Waals surface area (Å²) in [5, 5.41) is 0. The summed E-state index contributed by atoms with van der Waals surface area (Å²) in [5.74, 6) is 0.858. The molecule has 1 aromatic heterocycles. The molecule has 0 bridgehead atoms. The van der Waals surface area contributed by atoms with Crippen molar-refractivity contribution in [3.05, 3.63) is 42.1 Å². The molecular weight excluding hydrogens is 290 g/mol. The zero-order valence-electron chi connectivity index (χ0n) is 13.5. The van der Waals surface area contributed by atoms with Crippen LogP contribution in [0.15, 0.2) is 36.5 Å². The second kappa shape index (κ2) is 6.80. The van der Waals surface area contributed by atoms with Crippen molar-refractivity contribution < 1.29 is 0 Å². The summed E-state index contributed by atoms with van der Waals surface area (Å²) in [6.45, 7) is 9.62. The van der Waals surface area contributed by atoms with E-state index in [0.717, 1.165) is 38.6 Å². The highest BCUT2D eigenvalue weighted by atomic mass is 32.1. The summed E-state index contributed by atoms with van der Waals surface area (Å²) in [6.07, 6.45) is 2.32. The van der Waals surface area contributed by atoms with E-state index in [1.54, 1.807) is 0 Å². The molecule has 22 heavy (non-hydrogen) atoms. The fraction of sp³-hybridized carbons (Fsp3) is 0.444. The lowest BCUT2D eigenvalue weighted by atomic mass is 10.0. The lowest BCUT2D eigenvalue weighted by Gasteiger charge is -2.36. The molecule has 0 fully saturated rings. The van der Waals surface area contributed by atoms with Crippen LogP contribution in [0.5, 0.6) is 0 Å². The van der Waals surface area contributed by atoms with E-state index >= 15 is 0 Å². The molecule has 0 saturated heterocycles. The number of aryl methyl sites for hydroxylation is 1. The maximum absolute atomic E-state index is 4.45. The quantitative estimate of drug-likeness (QED) is 0.844. The second-order valence-corrected chi connectivity index (χ2v) is 6.21. The smallest absolute Gasteiger partial charge is 0.0710 e. The van der Waals surface area contributed by atoms with Crippen LogP contribution in [0.2, 0.25) is 0 Å². The first-order valence-electron chi connectivity index (χ1n) is 8.14. The van der Waals surface area contributed by atoms with Gasteiger partial charge in [-0.1, -0.05) is 37.3 Å². The van der Waals surface area contributed by atoms with Gasteiger partial charge in [-0.25, -0.2) is 0 Å². The van der Waals surface area contributed by atoms with Gasteiger partial charge in [-0.2, -0.15) is 12.6 Å². The van der Waals surface area contributed by atoms with E-state index in [1.165, 1.54) is 22.5 Å². The van der Waals surface area contributed by atoms with Crippen molar-refractivity contribution >= 4 is 18.3 Å². The van der Waals surface area contributed by atoms with Crippen LogP contribution in [-0.2, 0) is 13.1 Å². The Bertz CT molecular complexity index is 621. The first kappa shape index (κ1) is 15.5. The predicted molar refractivity (Wildman–Crippen MR) is 97.7 cm³/mol. The van der Waals surface area contributed by atoms with Crippen molar-refractivity contribution in [2.75, 3.05) is 30.4 Å². The van der Waals surface area contributed by atoms with Crippen molar-refractivity contribution in [1.29, 1.82) is 0 Å². The van der Waals surface area contributed by atoms with Crippen molar-refractivity contribution in [3.8, 4) is 11.3 Å². The van der Waals surface area contributed by atoms with E-state index in [0.29, 0.717) is 0 Å². The molecule has 0 aliphatic carbocycles. The minimum Gasteiger partial charge on any atom is -0.357 e. The molecule has 0 saturated carbocycles. The molecule has 0 spiro atoms. The SMILES string of the molecule is CCN1Cc2c(cn(CCS)c2-c2ccccc2)N(CC)C1. The maximum atomic E-state index is 4.45. The summed E-state index contributed by atoms with van der Waals surface area (Å²) in [7, 11) is 0. The van der Waals surface area contributed by atoms with Gasteiger partial charge in [-0.05, 0) is 19.0 Å². The van der Waals surface area contributed by atoms with Gasteiger partial charge in [-0.15, -0.1) is 0 Å². The van der Waals surface area contributed by atoms with Crippen LogP contribution in [-0.4, -0.2) is 35.0 Å². The minimum absolute atomic E-state index is 0.858. The molecule has 0 unspecified atom stereocenters. The third-order valence-corrected chi connectivity index (χ3v) is 4.67. The molecule has 1 aliphatic rings. The Morgan fingerprint density at radius 1 is 1.09 bits per heavy atom. The molecule has 2 heterocycles. The zero-order valence-corrected chi connectivity index (χ0v) is 14.4. The van der Waals surface area contributed by atoms with Crippen LogP contribution in [0.3, 0.4) is 0 Å². The average molecular weight is 315 g/mol. The monoisotopic (exact) mass is 315 g/mol. The van der Waals surface area contributed by atoms with E-state index in [2.05, 4.69) is 77.4 Å².